The molecule has 0 radical (unpaired) electrons. The van der Waals surface area contributed by atoms with Crippen LogP contribution in [0.25, 0.3) is 0 Å². The third-order valence-corrected chi connectivity index (χ3v) is 5.28. The van der Waals surface area contributed by atoms with Crippen molar-refractivity contribution in [3.05, 3.63) is 0 Å². The first-order valence-corrected chi connectivity index (χ1v) is 8.71. The van der Waals surface area contributed by atoms with Gasteiger partial charge in [-0.1, -0.05) is 26.7 Å². The minimum absolute atomic E-state index is 0.0328. The molecular formula is C17H30N2O2. The highest BCUT2D eigenvalue weighted by molar-refractivity contribution is 5.88. The average molecular weight is 294 g/mol. The van der Waals surface area contributed by atoms with Gasteiger partial charge in [-0.25, -0.2) is 0 Å². The Kier molecular flexibility index (Phi) is 6.22. The lowest BCUT2D eigenvalue weighted by molar-refractivity contribution is -0.135. The van der Waals surface area contributed by atoms with Gasteiger partial charge in [0.15, 0.2) is 0 Å². The number of carbonyl (C=O) groups excluding carboxylic acids is 2. The molecule has 2 aliphatic rings. The Morgan fingerprint density at radius 2 is 1.76 bits per heavy atom. The smallest absolute Gasteiger partial charge is 0.223 e. The highest BCUT2D eigenvalue weighted by Gasteiger charge is 2.35. The van der Waals surface area contributed by atoms with E-state index in [1.165, 1.54) is 12.8 Å². The SMILES string of the molecule is CCC(=O)[C@@H]1CCCC[C@@H]1C(=O)NC[C@@H]1CCCN1CC. The summed E-state index contributed by atoms with van der Waals surface area (Å²) in [5, 5.41) is 3.13. The molecule has 1 aliphatic carbocycles. The van der Waals surface area contributed by atoms with Crippen LogP contribution in [-0.4, -0.2) is 42.3 Å². The molecule has 1 aliphatic heterocycles. The summed E-state index contributed by atoms with van der Waals surface area (Å²) in [6, 6.07) is 0.489. The summed E-state index contributed by atoms with van der Waals surface area (Å²) >= 11 is 0. The fourth-order valence-corrected chi connectivity index (χ4v) is 3.98. The van der Waals surface area contributed by atoms with Crippen LogP contribution in [0, 0.1) is 11.8 Å². The van der Waals surface area contributed by atoms with Gasteiger partial charge in [0.2, 0.25) is 5.91 Å². The van der Waals surface area contributed by atoms with Crippen molar-refractivity contribution >= 4 is 11.7 Å². The Morgan fingerprint density at radius 3 is 2.43 bits per heavy atom. The minimum atomic E-state index is -0.0809. The van der Waals surface area contributed by atoms with E-state index in [1.807, 2.05) is 6.92 Å². The van der Waals surface area contributed by atoms with Crippen molar-refractivity contribution in [3.63, 3.8) is 0 Å². The topological polar surface area (TPSA) is 49.4 Å². The Morgan fingerprint density at radius 1 is 1.05 bits per heavy atom. The number of likely N-dealkylation sites (tertiary alicyclic amines) is 1. The molecule has 0 spiro atoms. The maximum atomic E-state index is 12.5. The van der Waals surface area contributed by atoms with Crippen LogP contribution in [-0.2, 0) is 9.59 Å². The Bertz CT molecular complexity index is 370. The van der Waals surface area contributed by atoms with E-state index in [2.05, 4.69) is 17.1 Å². The average Bonchev–Trinajstić information content (AvgIpc) is 2.99. The van der Waals surface area contributed by atoms with E-state index >= 15 is 0 Å². The van der Waals surface area contributed by atoms with Gasteiger partial charge in [0.25, 0.3) is 0 Å². The second-order valence-corrected chi connectivity index (χ2v) is 6.49. The van der Waals surface area contributed by atoms with E-state index in [9.17, 15) is 9.59 Å². The van der Waals surface area contributed by atoms with Gasteiger partial charge >= 0.3 is 0 Å². The van der Waals surface area contributed by atoms with E-state index in [0.717, 1.165) is 45.3 Å². The number of hydrogen-bond donors (Lipinski definition) is 1. The van der Waals surface area contributed by atoms with Gasteiger partial charge in [-0.2, -0.15) is 0 Å². The summed E-state index contributed by atoms with van der Waals surface area (Å²) in [6.07, 6.45) is 6.91. The van der Waals surface area contributed by atoms with Crippen molar-refractivity contribution < 1.29 is 9.59 Å². The first-order valence-electron chi connectivity index (χ1n) is 8.71. The molecule has 0 bridgehead atoms. The van der Waals surface area contributed by atoms with Crippen molar-refractivity contribution in [1.82, 2.24) is 10.2 Å². The number of likely N-dealkylation sites (N-methyl/N-ethyl adjacent to an activating group) is 1. The van der Waals surface area contributed by atoms with Gasteiger partial charge in [0, 0.05) is 30.8 Å². The number of rotatable bonds is 6. The molecule has 1 saturated carbocycles. The van der Waals surface area contributed by atoms with E-state index < -0.39 is 0 Å². The van der Waals surface area contributed by atoms with Crippen LogP contribution in [0.15, 0.2) is 0 Å². The normalized spacial score (nSPS) is 30.3. The summed E-state index contributed by atoms with van der Waals surface area (Å²) in [4.78, 5) is 27.0. The molecule has 1 amide bonds. The first-order chi connectivity index (χ1) is 10.2. The number of ketones is 1. The molecular weight excluding hydrogens is 264 g/mol. The molecule has 2 fully saturated rings. The predicted octanol–water partition coefficient (Wildman–Crippen LogP) is 2.37. The third kappa shape index (κ3) is 4.06. The monoisotopic (exact) mass is 294 g/mol. The van der Waals surface area contributed by atoms with Crippen molar-refractivity contribution in [3.8, 4) is 0 Å². The molecule has 4 heteroatoms. The summed E-state index contributed by atoms with van der Waals surface area (Å²) in [7, 11) is 0. The number of nitrogens with one attached hydrogen (secondary N) is 1. The largest absolute Gasteiger partial charge is 0.354 e. The molecule has 3 atom stereocenters. The molecule has 0 aromatic heterocycles. The quantitative estimate of drug-likeness (QED) is 0.818. The molecule has 1 saturated heterocycles. The molecule has 2 rings (SSSR count). The van der Waals surface area contributed by atoms with E-state index in [1.54, 1.807) is 0 Å². The Labute approximate surface area is 128 Å². The number of carbonyl (C=O) groups is 2. The lowest BCUT2D eigenvalue weighted by atomic mass is 9.76. The van der Waals surface area contributed by atoms with Crippen molar-refractivity contribution in [1.29, 1.82) is 0 Å². The second-order valence-electron chi connectivity index (χ2n) is 6.49. The van der Waals surface area contributed by atoms with Crippen molar-refractivity contribution in [2.75, 3.05) is 19.6 Å². The zero-order valence-corrected chi connectivity index (χ0v) is 13.6. The standard InChI is InChI=1S/C17H30N2O2/c1-3-16(20)14-9-5-6-10-15(14)17(21)18-12-13-8-7-11-19(13)4-2/h13-15H,3-12H2,1-2H3,(H,18,21)/t13-,14+,15-/m0/s1. The second kappa shape index (κ2) is 7.92. The Balaban J connectivity index is 1.87. The molecule has 0 unspecified atom stereocenters. The van der Waals surface area contributed by atoms with E-state index in [-0.39, 0.29) is 23.5 Å². The highest BCUT2D eigenvalue weighted by Crippen LogP contribution is 2.31. The lowest BCUT2D eigenvalue weighted by Crippen LogP contribution is -2.45. The molecule has 0 aromatic carbocycles. The van der Waals surface area contributed by atoms with Gasteiger partial charge < -0.3 is 5.32 Å². The zero-order valence-electron chi connectivity index (χ0n) is 13.6. The Hall–Kier alpha value is -0.900. The first kappa shape index (κ1) is 16.5. The number of amides is 1. The molecule has 1 heterocycles. The highest BCUT2D eigenvalue weighted by atomic mass is 16.2. The maximum absolute atomic E-state index is 12.5. The van der Waals surface area contributed by atoms with Gasteiger partial charge in [0.1, 0.15) is 5.78 Å². The van der Waals surface area contributed by atoms with Crippen LogP contribution in [0.1, 0.15) is 58.8 Å². The predicted molar refractivity (Wildman–Crippen MR) is 84.0 cm³/mol. The number of hydrogen-bond acceptors (Lipinski definition) is 3. The molecule has 0 aromatic rings. The van der Waals surface area contributed by atoms with Crippen LogP contribution in [0.2, 0.25) is 0 Å². The van der Waals surface area contributed by atoms with Crippen LogP contribution >= 0.6 is 0 Å². The van der Waals surface area contributed by atoms with Gasteiger partial charge in [-0.05, 0) is 38.8 Å². The number of Topliss-reactive ketones (excluding diaryl/α,β-unsaturated/α-hetero) is 1. The lowest BCUT2D eigenvalue weighted by Gasteiger charge is -2.30. The van der Waals surface area contributed by atoms with Gasteiger partial charge in [0.05, 0.1) is 0 Å². The van der Waals surface area contributed by atoms with Crippen molar-refractivity contribution in [2.45, 2.75) is 64.8 Å². The van der Waals surface area contributed by atoms with E-state index in [4.69, 9.17) is 0 Å². The van der Waals surface area contributed by atoms with Crippen molar-refractivity contribution in [2.24, 2.45) is 11.8 Å². The van der Waals surface area contributed by atoms with Crippen LogP contribution in [0.4, 0.5) is 0 Å². The zero-order chi connectivity index (χ0) is 15.2. The maximum Gasteiger partial charge on any atom is 0.223 e. The molecule has 4 nitrogen and oxygen atoms in total. The summed E-state index contributed by atoms with van der Waals surface area (Å²) in [6.45, 7) is 7.04. The van der Waals surface area contributed by atoms with Crippen LogP contribution in [0.5, 0.6) is 0 Å². The minimum Gasteiger partial charge on any atom is -0.354 e. The molecule has 120 valence electrons. The van der Waals surface area contributed by atoms with Crippen LogP contribution in [0.3, 0.4) is 0 Å². The molecule has 1 N–H and O–H groups in total. The third-order valence-electron chi connectivity index (χ3n) is 5.28. The van der Waals surface area contributed by atoms with Gasteiger partial charge in [-0.3, -0.25) is 14.5 Å². The van der Waals surface area contributed by atoms with Crippen LogP contribution < -0.4 is 5.32 Å². The van der Waals surface area contributed by atoms with E-state index in [0.29, 0.717) is 12.5 Å². The number of nitrogens with zero attached hydrogens (tertiary/aromatic N) is 1. The fraction of sp³-hybridized carbons (Fsp3) is 0.882. The fourth-order valence-electron chi connectivity index (χ4n) is 3.98. The summed E-state index contributed by atoms with van der Waals surface area (Å²) in [5.74, 6) is 0.271. The summed E-state index contributed by atoms with van der Waals surface area (Å²) < 4.78 is 0. The van der Waals surface area contributed by atoms with Gasteiger partial charge in [-0.15, -0.1) is 0 Å². The molecule has 21 heavy (non-hydrogen) atoms. The summed E-state index contributed by atoms with van der Waals surface area (Å²) in [5.41, 5.74) is 0.